The molecule has 0 spiro atoms. The van der Waals surface area contributed by atoms with Crippen LogP contribution in [0.4, 0.5) is 11.4 Å². The van der Waals surface area contributed by atoms with E-state index in [1.54, 1.807) is 23.1 Å². The zero-order valence-electron chi connectivity index (χ0n) is 20.8. The maximum atomic E-state index is 13.2. The zero-order chi connectivity index (χ0) is 25.3. The third-order valence-corrected chi connectivity index (χ3v) is 8.88. The van der Waals surface area contributed by atoms with E-state index in [4.69, 9.17) is 4.74 Å². The van der Waals surface area contributed by atoms with Gasteiger partial charge in [0.05, 0.1) is 23.4 Å². The summed E-state index contributed by atoms with van der Waals surface area (Å²) >= 11 is 0. The summed E-state index contributed by atoms with van der Waals surface area (Å²) in [5, 5.41) is 0. The van der Waals surface area contributed by atoms with Gasteiger partial charge in [0.25, 0.3) is 0 Å². The molecule has 2 bridgehead atoms. The van der Waals surface area contributed by atoms with E-state index in [0.717, 1.165) is 36.1 Å². The number of benzene rings is 2. The molecule has 7 heteroatoms. The van der Waals surface area contributed by atoms with E-state index in [1.165, 1.54) is 4.90 Å². The Morgan fingerprint density at radius 1 is 0.889 bits per heavy atom. The minimum Gasteiger partial charge on any atom is -0.426 e. The van der Waals surface area contributed by atoms with Crippen molar-refractivity contribution in [2.75, 3.05) is 16.3 Å². The maximum Gasteiger partial charge on any atom is 0.316 e. The van der Waals surface area contributed by atoms with Crippen molar-refractivity contribution < 1.29 is 23.9 Å². The third-order valence-electron chi connectivity index (χ3n) is 8.88. The molecule has 0 aromatic heterocycles. The van der Waals surface area contributed by atoms with Gasteiger partial charge in [-0.3, -0.25) is 19.2 Å². The molecule has 7 nitrogen and oxygen atoms in total. The average molecular weight is 487 g/mol. The van der Waals surface area contributed by atoms with Crippen LogP contribution in [0.1, 0.15) is 42.4 Å². The number of carbonyl (C=O) groups excluding carboxylic acids is 4. The molecule has 2 aromatic rings. The molecule has 3 amide bonds. The van der Waals surface area contributed by atoms with Crippen LogP contribution in [-0.4, -0.2) is 30.2 Å². The second kappa shape index (κ2) is 8.29. The van der Waals surface area contributed by atoms with E-state index in [2.05, 4.69) is 0 Å². The highest BCUT2D eigenvalue weighted by Gasteiger charge is 2.61. The Kier molecular flexibility index (Phi) is 5.28. The fourth-order valence-electron chi connectivity index (χ4n) is 6.91. The van der Waals surface area contributed by atoms with Crippen LogP contribution in [0.3, 0.4) is 0 Å². The fourth-order valence-corrected chi connectivity index (χ4v) is 6.91. The number of esters is 1. The van der Waals surface area contributed by atoms with E-state index in [-0.39, 0.29) is 42.5 Å². The molecule has 2 heterocycles. The molecule has 4 fully saturated rings. The SMILES string of the molecule is Cc1cc(OC(=O)[C@H]2CC(=O)N(c3cccc(C)c3C)C2)ccc1N1C(=O)[C@@H]2[C@H]3CC[C@@H](C3)[C@@H]2C1=O. The van der Waals surface area contributed by atoms with Crippen LogP contribution in [0.2, 0.25) is 0 Å². The van der Waals surface area contributed by atoms with Crippen LogP contribution in [0.15, 0.2) is 36.4 Å². The third kappa shape index (κ3) is 3.39. The summed E-state index contributed by atoms with van der Waals surface area (Å²) in [7, 11) is 0. The highest BCUT2D eigenvalue weighted by Crippen LogP contribution is 2.56. The smallest absolute Gasteiger partial charge is 0.316 e. The van der Waals surface area contributed by atoms with E-state index in [0.29, 0.717) is 28.8 Å². The van der Waals surface area contributed by atoms with Crippen molar-refractivity contribution >= 4 is 35.1 Å². The van der Waals surface area contributed by atoms with Crippen LogP contribution in [0.5, 0.6) is 5.75 Å². The number of imide groups is 1. The first-order valence-electron chi connectivity index (χ1n) is 12.8. The first-order valence-corrected chi connectivity index (χ1v) is 12.8. The van der Waals surface area contributed by atoms with Gasteiger partial charge in [-0.05, 0) is 92.8 Å². The lowest BCUT2D eigenvalue weighted by Crippen LogP contribution is -2.33. The first-order chi connectivity index (χ1) is 17.2. The van der Waals surface area contributed by atoms with Gasteiger partial charge in [-0.15, -0.1) is 0 Å². The van der Waals surface area contributed by atoms with Crippen molar-refractivity contribution in [1.29, 1.82) is 0 Å². The van der Waals surface area contributed by atoms with Crippen LogP contribution in [-0.2, 0) is 19.2 Å². The van der Waals surface area contributed by atoms with E-state index < -0.39 is 11.9 Å². The minimum absolute atomic E-state index is 0.0824. The number of fused-ring (bicyclic) bond motifs is 5. The van der Waals surface area contributed by atoms with Crippen molar-refractivity contribution in [3.63, 3.8) is 0 Å². The minimum atomic E-state index is -0.561. The number of anilines is 2. The summed E-state index contributed by atoms with van der Waals surface area (Å²) < 4.78 is 5.65. The van der Waals surface area contributed by atoms with Gasteiger partial charge in [0.15, 0.2) is 0 Å². The van der Waals surface area contributed by atoms with Gasteiger partial charge in [-0.25, -0.2) is 4.90 Å². The molecule has 2 aliphatic carbocycles. The lowest BCUT2D eigenvalue weighted by Gasteiger charge is -2.21. The van der Waals surface area contributed by atoms with Crippen LogP contribution < -0.4 is 14.5 Å². The summed E-state index contributed by atoms with van der Waals surface area (Å²) in [6, 6.07) is 10.8. The number of amides is 3. The van der Waals surface area contributed by atoms with E-state index in [1.807, 2.05) is 39.0 Å². The molecule has 2 saturated carbocycles. The monoisotopic (exact) mass is 486 g/mol. The summed E-state index contributed by atoms with van der Waals surface area (Å²) in [6.07, 6.45) is 3.18. The number of hydrogen-bond acceptors (Lipinski definition) is 5. The van der Waals surface area contributed by atoms with Gasteiger partial charge in [-0.2, -0.15) is 0 Å². The first kappa shape index (κ1) is 23.0. The van der Waals surface area contributed by atoms with Crippen LogP contribution in [0, 0.1) is 50.4 Å². The van der Waals surface area contributed by atoms with E-state index in [9.17, 15) is 19.2 Å². The van der Waals surface area contributed by atoms with Crippen molar-refractivity contribution in [2.24, 2.45) is 29.6 Å². The number of ether oxygens (including phenoxy) is 1. The number of nitrogens with zero attached hydrogens (tertiary/aromatic N) is 2. The van der Waals surface area contributed by atoms with Crippen LogP contribution in [0.25, 0.3) is 0 Å². The van der Waals surface area contributed by atoms with Gasteiger partial charge in [0, 0.05) is 18.7 Å². The average Bonchev–Trinajstić information content (AvgIpc) is 3.60. The maximum absolute atomic E-state index is 13.2. The normalized spacial score (nSPS) is 28.9. The largest absolute Gasteiger partial charge is 0.426 e. The van der Waals surface area contributed by atoms with E-state index >= 15 is 0 Å². The van der Waals surface area contributed by atoms with Gasteiger partial charge in [-0.1, -0.05) is 12.1 Å². The molecular formula is C29H30N2O5. The topological polar surface area (TPSA) is 84.0 Å². The Balaban J connectivity index is 1.16. The van der Waals surface area contributed by atoms with Crippen molar-refractivity contribution in [3.05, 3.63) is 53.1 Å². The predicted octanol–water partition coefficient (Wildman–Crippen LogP) is 4.11. The number of rotatable bonds is 4. The summed E-state index contributed by atoms with van der Waals surface area (Å²) in [5.74, 6) is -0.612. The molecule has 0 unspecified atom stereocenters. The second-order valence-electron chi connectivity index (χ2n) is 10.9. The molecule has 36 heavy (non-hydrogen) atoms. The predicted molar refractivity (Wildman–Crippen MR) is 133 cm³/mol. The lowest BCUT2D eigenvalue weighted by molar-refractivity contribution is -0.139. The Morgan fingerprint density at radius 2 is 1.58 bits per heavy atom. The number of aryl methyl sites for hydroxylation is 2. The quantitative estimate of drug-likeness (QED) is 0.369. The molecule has 5 atom stereocenters. The highest BCUT2D eigenvalue weighted by molar-refractivity contribution is 6.23. The molecule has 186 valence electrons. The second-order valence-corrected chi connectivity index (χ2v) is 10.9. The summed E-state index contributed by atoms with van der Waals surface area (Å²) in [4.78, 5) is 55.0. The van der Waals surface area contributed by atoms with Crippen molar-refractivity contribution in [1.82, 2.24) is 0 Å². The zero-order valence-corrected chi connectivity index (χ0v) is 20.8. The Hall–Kier alpha value is -3.48. The van der Waals surface area contributed by atoms with Crippen molar-refractivity contribution in [3.8, 4) is 5.75 Å². The van der Waals surface area contributed by atoms with Gasteiger partial charge < -0.3 is 9.64 Å². The Labute approximate surface area is 210 Å². The molecule has 6 rings (SSSR count). The number of carbonyl (C=O) groups is 4. The molecule has 2 aliphatic heterocycles. The lowest BCUT2D eigenvalue weighted by atomic mass is 9.81. The van der Waals surface area contributed by atoms with Crippen LogP contribution >= 0.6 is 0 Å². The summed E-state index contributed by atoms with van der Waals surface area (Å²) in [5.41, 5.74) is 4.21. The standard InChI is InChI=1S/C29H30N2O5/c1-15-5-4-6-23(17(15)3)30-14-20(13-24(30)32)29(35)36-21-9-10-22(16(2)11-21)31-27(33)25-18-7-8-19(12-18)26(25)28(31)34/h4-6,9-11,18-20,25-26H,7-8,12-14H2,1-3H3/t18-,19-,20-,25-,26+/m0/s1. The molecule has 2 aromatic carbocycles. The van der Waals surface area contributed by atoms with Gasteiger partial charge >= 0.3 is 5.97 Å². The molecule has 4 aliphatic rings. The molecule has 0 N–H and O–H groups in total. The van der Waals surface area contributed by atoms with Crippen molar-refractivity contribution in [2.45, 2.75) is 46.5 Å². The molecule has 2 saturated heterocycles. The number of hydrogen-bond donors (Lipinski definition) is 0. The summed E-state index contributed by atoms with van der Waals surface area (Å²) in [6.45, 7) is 6.07. The highest BCUT2D eigenvalue weighted by atomic mass is 16.5. The molecular weight excluding hydrogens is 456 g/mol. The molecule has 0 radical (unpaired) electrons. The Bertz CT molecular complexity index is 1290. The van der Waals surface area contributed by atoms with Gasteiger partial charge in [0.1, 0.15) is 5.75 Å². The fraction of sp³-hybridized carbons (Fsp3) is 0.448. The van der Waals surface area contributed by atoms with Gasteiger partial charge in [0.2, 0.25) is 17.7 Å². The Morgan fingerprint density at radius 3 is 2.25 bits per heavy atom.